The first-order valence-corrected chi connectivity index (χ1v) is 4.36. The molecule has 0 saturated heterocycles. The lowest BCUT2D eigenvalue weighted by Gasteiger charge is -2.03. The summed E-state index contributed by atoms with van der Waals surface area (Å²) in [5.74, 6) is -1.03. The highest BCUT2D eigenvalue weighted by atomic mass is 16.5. The molecular weight excluding hydrogens is 172 g/mol. The summed E-state index contributed by atoms with van der Waals surface area (Å²) >= 11 is 0. The first kappa shape index (κ1) is 12.0. The van der Waals surface area contributed by atoms with Crippen molar-refractivity contribution in [1.29, 1.82) is 0 Å². The summed E-state index contributed by atoms with van der Waals surface area (Å²) in [6.07, 6.45) is 2.09. The minimum atomic E-state index is -1.03. The number of ether oxygens (including phenoxy) is 2. The fourth-order valence-corrected chi connectivity index (χ4v) is 0.781. The van der Waals surface area contributed by atoms with Crippen LogP contribution in [0.1, 0.15) is 20.3 Å². The molecular formula is C9H16O4. The Bertz CT molecular complexity index is 174. The van der Waals surface area contributed by atoms with Crippen LogP contribution in [0.25, 0.3) is 0 Å². The van der Waals surface area contributed by atoms with Crippen LogP contribution in [0.3, 0.4) is 0 Å². The van der Waals surface area contributed by atoms with Gasteiger partial charge in [-0.2, -0.15) is 0 Å². The highest BCUT2D eigenvalue weighted by molar-refractivity contribution is 5.84. The van der Waals surface area contributed by atoms with Gasteiger partial charge in [-0.05, 0) is 26.3 Å². The molecule has 0 amide bonds. The Morgan fingerprint density at radius 3 is 2.54 bits per heavy atom. The number of carboxylic acid groups (broad SMARTS) is 1. The third kappa shape index (κ3) is 6.16. The molecule has 0 aliphatic carbocycles. The zero-order chi connectivity index (χ0) is 10.1. The summed E-state index contributed by atoms with van der Waals surface area (Å²) in [4.78, 5) is 10.5. The summed E-state index contributed by atoms with van der Waals surface area (Å²) < 4.78 is 9.94. The van der Waals surface area contributed by atoms with Gasteiger partial charge in [0.25, 0.3) is 0 Å². The van der Waals surface area contributed by atoms with Crippen molar-refractivity contribution in [3.8, 4) is 0 Å². The summed E-state index contributed by atoms with van der Waals surface area (Å²) in [6.45, 7) is 5.18. The molecule has 0 radical (unpaired) electrons. The number of hydrogen-bond acceptors (Lipinski definition) is 3. The molecule has 0 atom stereocenters. The third-order valence-electron chi connectivity index (χ3n) is 1.31. The van der Waals surface area contributed by atoms with E-state index in [0.717, 1.165) is 0 Å². The molecule has 0 fully saturated rings. The molecule has 4 heteroatoms. The number of carbonyl (C=O) groups is 1. The van der Waals surface area contributed by atoms with E-state index in [2.05, 4.69) is 0 Å². The van der Waals surface area contributed by atoms with Crippen LogP contribution in [0.5, 0.6) is 0 Å². The van der Waals surface area contributed by atoms with Gasteiger partial charge in [0.05, 0.1) is 13.2 Å². The highest BCUT2D eigenvalue weighted by Gasteiger charge is 2.05. The number of aliphatic carboxylic acids is 1. The Hall–Kier alpha value is -1.03. The van der Waals surface area contributed by atoms with Gasteiger partial charge >= 0.3 is 5.97 Å². The molecule has 0 aromatic carbocycles. The summed E-state index contributed by atoms with van der Waals surface area (Å²) in [7, 11) is 0. The SMILES string of the molecule is CCOCCC=C(OCC)C(=O)O. The lowest BCUT2D eigenvalue weighted by molar-refractivity contribution is -0.136. The van der Waals surface area contributed by atoms with Crippen LogP contribution < -0.4 is 0 Å². The maximum atomic E-state index is 10.5. The molecule has 0 heterocycles. The van der Waals surface area contributed by atoms with Crippen LogP contribution in [0.15, 0.2) is 11.8 Å². The predicted octanol–water partition coefficient (Wildman–Crippen LogP) is 1.42. The molecule has 0 spiro atoms. The minimum absolute atomic E-state index is 0.00204. The molecule has 0 unspecified atom stereocenters. The molecule has 0 bridgehead atoms. The van der Waals surface area contributed by atoms with E-state index in [1.807, 2.05) is 6.92 Å². The molecule has 0 saturated carbocycles. The van der Waals surface area contributed by atoms with Crippen molar-refractivity contribution >= 4 is 5.97 Å². The standard InChI is InChI=1S/C9H16O4/c1-3-12-7-5-6-8(9(10)11)13-4-2/h6H,3-5,7H2,1-2H3,(H,10,11). The average molecular weight is 188 g/mol. The van der Waals surface area contributed by atoms with Crippen LogP contribution in [0.2, 0.25) is 0 Å². The van der Waals surface area contributed by atoms with Crippen LogP contribution in [0, 0.1) is 0 Å². The maximum absolute atomic E-state index is 10.5. The third-order valence-corrected chi connectivity index (χ3v) is 1.31. The monoisotopic (exact) mass is 188 g/mol. The van der Waals surface area contributed by atoms with E-state index in [1.165, 1.54) is 6.08 Å². The Morgan fingerprint density at radius 2 is 2.08 bits per heavy atom. The van der Waals surface area contributed by atoms with E-state index in [0.29, 0.717) is 26.2 Å². The number of carboxylic acids is 1. The average Bonchev–Trinajstić information content (AvgIpc) is 2.10. The van der Waals surface area contributed by atoms with Crippen LogP contribution >= 0.6 is 0 Å². The predicted molar refractivity (Wildman–Crippen MR) is 48.5 cm³/mol. The second kappa shape index (κ2) is 7.61. The van der Waals surface area contributed by atoms with Crippen molar-refractivity contribution in [2.45, 2.75) is 20.3 Å². The van der Waals surface area contributed by atoms with Gasteiger partial charge in [-0.1, -0.05) is 0 Å². The van der Waals surface area contributed by atoms with Gasteiger partial charge in [0.2, 0.25) is 0 Å². The van der Waals surface area contributed by atoms with Crippen molar-refractivity contribution in [3.63, 3.8) is 0 Å². The van der Waals surface area contributed by atoms with Crippen molar-refractivity contribution in [2.75, 3.05) is 19.8 Å². The zero-order valence-corrected chi connectivity index (χ0v) is 8.08. The van der Waals surface area contributed by atoms with Gasteiger partial charge in [-0.25, -0.2) is 4.79 Å². The lowest BCUT2D eigenvalue weighted by Crippen LogP contribution is -2.05. The number of hydrogen-bond donors (Lipinski definition) is 1. The van der Waals surface area contributed by atoms with E-state index >= 15 is 0 Å². The zero-order valence-electron chi connectivity index (χ0n) is 8.08. The van der Waals surface area contributed by atoms with Gasteiger partial charge in [-0.15, -0.1) is 0 Å². The van der Waals surface area contributed by atoms with E-state index in [1.54, 1.807) is 6.92 Å². The van der Waals surface area contributed by atoms with Gasteiger partial charge in [0.15, 0.2) is 5.76 Å². The highest BCUT2D eigenvalue weighted by Crippen LogP contribution is 1.99. The fourth-order valence-electron chi connectivity index (χ4n) is 0.781. The Labute approximate surface area is 78.2 Å². The van der Waals surface area contributed by atoms with Crippen LogP contribution in [-0.4, -0.2) is 30.9 Å². The van der Waals surface area contributed by atoms with Crippen molar-refractivity contribution < 1.29 is 19.4 Å². The molecule has 76 valence electrons. The second-order valence-electron chi connectivity index (χ2n) is 2.29. The van der Waals surface area contributed by atoms with Gasteiger partial charge < -0.3 is 14.6 Å². The summed E-state index contributed by atoms with van der Waals surface area (Å²) in [6, 6.07) is 0. The molecule has 13 heavy (non-hydrogen) atoms. The second-order valence-corrected chi connectivity index (χ2v) is 2.29. The van der Waals surface area contributed by atoms with Gasteiger partial charge in [-0.3, -0.25) is 0 Å². The topological polar surface area (TPSA) is 55.8 Å². The molecule has 0 aromatic heterocycles. The molecule has 1 N–H and O–H groups in total. The Kier molecular flexibility index (Phi) is 7.01. The molecule has 4 nitrogen and oxygen atoms in total. The van der Waals surface area contributed by atoms with E-state index < -0.39 is 5.97 Å². The molecule has 0 rings (SSSR count). The molecule has 0 aliphatic heterocycles. The summed E-state index contributed by atoms with van der Waals surface area (Å²) in [5, 5.41) is 8.63. The largest absolute Gasteiger partial charge is 0.487 e. The van der Waals surface area contributed by atoms with Gasteiger partial charge in [0, 0.05) is 6.61 Å². The van der Waals surface area contributed by atoms with Crippen molar-refractivity contribution in [1.82, 2.24) is 0 Å². The van der Waals surface area contributed by atoms with Gasteiger partial charge in [0.1, 0.15) is 0 Å². The Morgan fingerprint density at radius 1 is 1.38 bits per heavy atom. The smallest absolute Gasteiger partial charge is 0.370 e. The van der Waals surface area contributed by atoms with Crippen molar-refractivity contribution in [2.24, 2.45) is 0 Å². The van der Waals surface area contributed by atoms with Crippen LogP contribution in [0.4, 0.5) is 0 Å². The minimum Gasteiger partial charge on any atom is -0.487 e. The molecule has 0 aliphatic rings. The quantitative estimate of drug-likeness (QED) is 0.373. The first-order valence-electron chi connectivity index (χ1n) is 4.36. The van der Waals surface area contributed by atoms with E-state index in [9.17, 15) is 4.79 Å². The molecule has 0 aromatic rings. The number of rotatable bonds is 7. The normalized spacial score (nSPS) is 11.4. The van der Waals surface area contributed by atoms with Crippen molar-refractivity contribution in [3.05, 3.63) is 11.8 Å². The van der Waals surface area contributed by atoms with Crippen LogP contribution in [-0.2, 0) is 14.3 Å². The summed E-state index contributed by atoms with van der Waals surface area (Å²) in [5.41, 5.74) is 0. The van der Waals surface area contributed by atoms with E-state index in [4.69, 9.17) is 14.6 Å². The lowest BCUT2D eigenvalue weighted by atomic mass is 10.3. The Balaban J connectivity index is 3.82. The fraction of sp³-hybridized carbons (Fsp3) is 0.667. The van der Waals surface area contributed by atoms with E-state index in [-0.39, 0.29) is 5.76 Å². The first-order chi connectivity index (χ1) is 6.22. The maximum Gasteiger partial charge on any atom is 0.370 e.